The fraction of sp³-hybridized carbons (Fsp3) is 0.273. The molecule has 8 nitrogen and oxygen atoms in total. The normalized spacial score (nSPS) is 14.8. The number of piperazine rings is 1. The van der Waals surface area contributed by atoms with Crippen LogP contribution in [-0.2, 0) is 10.0 Å². The number of aromatic nitrogens is 1. The third kappa shape index (κ3) is 4.70. The summed E-state index contributed by atoms with van der Waals surface area (Å²) in [5.74, 6) is 0.413. The number of hydrogen-bond acceptors (Lipinski definition) is 7. The maximum Gasteiger partial charge on any atom is 0.273 e. The van der Waals surface area contributed by atoms with Gasteiger partial charge in [-0.2, -0.15) is 4.31 Å². The first-order valence-electron chi connectivity index (χ1n) is 10.1. The van der Waals surface area contributed by atoms with Gasteiger partial charge in [-0.3, -0.25) is 4.79 Å². The summed E-state index contributed by atoms with van der Waals surface area (Å²) in [6.45, 7) is 0.779. The number of nitrogens with zero attached hydrogens (tertiary/aromatic N) is 3. The van der Waals surface area contributed by atoms with Crippen molar-refractivity contribution in [1.29, 1.82) is 0 Å². The summed E-state index contributed by atoms with van der Waals surface area (Å²) in [4.78, 5) is 19.0. The van der Waals surface area contributed by atoms with Gasteiger partial charge in [0.05, 0.1) is 19.1 Å². The Morgan fingerprint density at radius 2 is 1.67 bits per heavy atom. The molecule has 33 heavy (non-hydrogen) atoms. The number of ether oxygens (including phenoxy) is 2. The van der Waals surface area contributed by atoms with Crippen molar-refractivity contribution in [1.82, 2.24) is 14.2 Å². The van der Waals surface area contributed by atoms with Crippen LogP contribution in [0.5, 0.6) is 11.5 Å². The predicted octanol–water partition coefficient (Wildman–Crippen LogP) is 3.11. The smallest absolute Gasteiger partial charge is 0.273 e. The van der Waals surface area contributed by atoms with Crippen LogP contribution < -0.4 is 9.47 Å². The van der Waals surface area contributed by atoms with E-state index in [-0.39, 0.29) is 37.0 Å². The quantitative estimate of drug-likeness (QED) is 0.527. The van der Waals surface area contributed by atoms with Gasteiger partial charge in [-0.1, -0.05) is 0 Å². The first kappa shape index (κ1) is 23.1. The molecule has 1 fully saturated rings. The van der Waals surface area contributed by atoms with E-state index < -0.39 is 15.8 Å². The van der Waals surface area contributed by atoms with Gasteiger partial charge in [0.2, 0.25) is 10.0 Å². The standard InChI is InChI=1S/C22H22FN3O5S2/c1-30-19-8-3-15(13-20(19)31-2)21-24-18(14-32-21)22(27)25-9-11-26(12-10-25)33(28,29)17-6-4-16(23)5-7-17/h3-8,13-14H,9-12H2,1-2H3. The van der Waals surface area contributed by atoms with Crippen molar-refractivity contribution in [3.8, 4) is 22.1 Å². The molecular weight excluding hydrogens is 469 g/mol. The molecule has 0 N–H and O–H groups in total. The van der Waals surface area contributed by atoms with Gasteiger partial charge in [-0.25, -0.2) is 17.8 Å². The van der Waals surface area contributed by atoms with Gasteiger partial charge in [-0.15, -0.1) is 11.3 Å². The number of rotatable bonds is 6. The van der Waals surface area contributed by atoms with Crippen LogP contribution in [0.15, 0.2) is 52.7 Å². The molecule has 0 radical (unpaired) electrons. The maximum atomic E-state index is 13.1. The molecule has 1 amide bonds. The highest BCUT2D eigenvalue weighted by molar-refractivity contribution is 7.89. The number of halogens is 1. The summed E-state index contributed by atoms with van der Waals surface area (Å²) in [7, 11) is -0.636. The highest BCUT2D eigenvalue weighted by atomic mass is 32.2. The molecule has 4 rings (SSSR count). The van der Waals surface area contributed by atoms with Gasteiger partial charge in [0, 0.05) is 37.1 Å². The molecule has 0 saturated carbocycles. The average Bonchev–Trinajstić information content (AvgIpc) is 3.34. The van der Waals surface area contributed by atoms with E-state index in [0.717, 1.165) is 17.7 Å². The lowest BCUT2D eigenvalue weighted by atomic mass is 10.2. The molecule has 0 unspecified atom stereocenters. The van der Waals surface area contributed by atoms with Crippen LogP contribution in [0.1, 0.15) is 10.5 Å². The molecule has 1 aliphatic rings. The number of benzene rings is 2. The minimum absolute atomic E-state index is 0.0303. The summed E-state index contributed by atoms with van der Waals surface area (Å²) in [5.41, 5.74) is 1.10. The Balaban J connectivity index is 1.43. The van der Waals surface area contributed by atoms with Crippen LogP contribution >= 0.6 is 11.3 Å². The molecule has 1 aliphatic heterocycles. The van der Waals surface area contributed by atoms with E-state index in [1.807, 2.05) is 6.07 Å². The third-order valence-corrected chi connectivity index (χ3v) is 8.14. The second kappa shape index (κ2) is 9.46. The van der Waals surface area contributed by atoms with Crippen LogP contribution in [-0.4, -0.2) is 68.9 Å². The van der Waals surface area contributed by atoms with Crippen LogP contribution in [0, 0.1) is 5.82 Å². The van der Waals surface area contributed by atoms with Gasteiger partial charge in [0.15, 0.2) is 11.5 Å². The zero-order valence-corrected chi connectivity index (χ0v) is 19.7. The van der Waals surface area contributed by atoms with Crippen molar-refractivity contribution in [3.63, 3.8) is 0 Å². The van der Waals surface area contributed by atoms with Crippen molar-refractivity contribution in [3.05, 3.63) is 59.4 Å². The molecule has 1 saturated heterocycles. The predicted molar refractivity (Wildman–Crippen MR) is 122 cm³/mol. The lowest BCUT2D eigenvalue weighted by molar-refractivity contribution is 0.0693. The van der Waals surface area contributed by atoms with E-state index in [1.54, 1.807) is 36.6 Å². The van der Waals surface area contributed by atoms with Crippen LogP contribution in [0.3, 0.4) is 0 Å². The van der Waals surface area contributed by atoms with E-state index in [2.05, 4.69) is 4.98 Å². The average molecular weight is 492 g/mol. The topological polar surface area (TPSA) is 89.0 Å². The Morgan fingerprint density at radius 3 is 2.30 bits per heavy atom. The number of thiazole rings is 1. The number of methoxy groups -OCH3 is 2. The van der Waals surface area contributed by atoms with Gasteiger partial charge < -0.3 is 14.4 Å². The van der Waals surface area contributed by atoms with Crippen molar-refractivity contribution < 1.29 is 27.1 Å². The summed E-state index contributed by atoms with van der Waals surface area (Å²) >= 11 is 1.34. The molecule has 11 heteroatoms. The number of amides is 1. The SMILES string of the molecule is COc1ccc(-c2nc(C(=O)N3CCN(S(=O)(=O)c4ccc(F)cc4)CC3)cs2)cc1OC. The minimum Gasteiger partial charge on any atom is -0.493 e. The molecule has 0 aliphatic carbocycles. The summed E-state index contributed by atoms with van der Waals surface area (Å²) < 4.78 is 50.6. The minimum atomic E-state index is -3.74. The first-order valence-corrected chi connectivity index (χ1v) is 12.4. The number of carbonyl (C=O) groups excluding carboxylic acids is 1. The second-order valence-corrected chi connectivity index (χ2v) is 10.1. The summed E-state index contributed by atoms with van der Waals surface area (Å²) in [5, 5.41) is 2.35. The largest absolute Gasteiger partial charge is 0.493 e. The lowest BCUT2D eigenvalue weighted by Gasteiger charge is -2.33. The van der Waals surface area contributed by atoms with Crippen LogP contribution in [0.25, 0.3) is 10.6 Å². The zero-order valence-electron chi connectivity index (χ0n) is 18.0. The Bertz CT molecular complexity index is 1250. The van der Waals surface area contributed by atoms with Crippen molar-refractivity contribution in [2.24, 2.45) is 0 Å². The van der Waals surface area contributed by atoms with E-state index in [9.17, 15) is 17.6 Å². The highest BCUT2D eigenvalue weighted by Gasteiger charge is 2.31. The molecule has 2 heterocycles. The molecule has 1 aromatic heterocycles. The second-order valence-electron chi connectivity index (χ2n) is 7.26. The van der Waals surface area contributed by atoms with Gasteiger partial charge >= 0.3 is 0 Å². The Kier molecular flexibility index (Phi) is 6.63. The van der Waals surface area contributed by atoms with Gasteiger partial charge in [-0.05, 0) is 42.5 Å². The maximum absolute atomic E-state index is 13.1. The van der Waals surface area contributed by atoms with E-state index in [4.69, 9.17) is 9.47 Å². The van der Waals surface area contributed by atoms with Crippen LogP contribution in [0.2, 0.25) is 0 Å². The molecule has 2 aromatic carbocycles. The monoisotopic (exact) mass is 491 g/mol. The number of sulfonamides is 1. The van der Waals surface area contributed by atoms with Crippen molar-refractivity contribution in [2.45, 2.75) is 4.90 Å². The molecular formula is C22H22FN3O5S2. The summed E-state index contributed by atoms with van der Waals surface area (Å²) in [6.07, 6.45) is 0. The Hall–Kier alpha value is -3.02. The fourth-order valence-electron chi connectivity index (χ4n) is 3.52. The number of carbonyl (C=O) groups is 1. The molecule has 3 aromatic rings. The first-order chi connectivity index (χ1) is 15.8. The Labute approximate surface area is 195 Å². The molecule has 174 valence electrons. The van der Waals surface area contributed by atoms with E-state index >= 15 is 0 Å². The van der Waals surface area contributed by atoms with Crippen molar-refractivity contribution >= 4 is 27.3 Å². The highest BCUT2D eigenvalue weighted by Crippen LogP contribution is 2.33. The van der Waals surface area contributed by atoms with Gasteiger partial charge in [0.1, 0.15) is 16.5 Å². The number of hydrogen-bond donors (Lipinski definition) is 0. The van der Waals surface area contributed by atoms with Gasteiger partial charge in [0.25, 0.3) is 5.91 Å². The zero-order chi connectivity index (χ0) is 23.6. The summed E-state index contributed by atoms with van der Waals surface area (Å²) in [6, 6.07) is 10.1. The Morgan fingerprint density at radius 1 is 1.00 bits per heavy atom. The molecule has 0 atom stereocenters. The third-order valence-electron chi connectivity index (χ3n) is 5.33. The fourth-order valence-corrected chi connectivity index (χ4v) is 5.74. The molecule has 0 spiro atoms. The van der Waals surface area contributed by atoms with E-state index in [1.165, 1.54) is 27.8 Å². The molecule has 0 bridgehead atoms. The lowest BCUT2D eigenvalue weighted by Crippen LogP contribution is -2.50. The van der Waals surface area contributed by atoms with E-state index in [0.29, 0.717) is 22.2 Å². The van der Waals surface area contributed by atoms with Crippen LogP contribution in [0.4, 0.5) is 4.39 Å². The van der Waals surface area contributed by atoms with Crippen molar-refractivity contribution in [2.75, 3.05) is 40.4 Å².